The molecule has 0 aliphatic rings. The highest BCUT2D eigenvalue weighted by molar-refractivity contribution is 7.11. The summed E-state index contributed by atoms with van der Waals surface area (Å²) in [6.45, 7) is 6.00. The SMILES string of the molecule is CCc1cnc(C(C)Nc2c(C#N)c(C)nn2C)s1. The van der Waals surface area contributed by atoms with E-state index in [0.29, 0.717) is 5.56 Å². The van der Waals surface area contributed by atoms with Gasteiger partial charge in [-0.3, -0.25) is 4.68 Å². The summed E-state index contributed by atoms with van der Waals surface area (Å²) in [5, 5.41) is 17.8. The Labute approximate surface area is 116 Å². The lowest BCUT2D eigenvalue weighted by molar-refractivity contribution is 0.741. The van der Waals surface area contributed by atoms with Crippen LogP contribution in [0.4, 0.5) is 5.82 Å². The number of nitrogens with one attached hydrogen (secondary N) is 1. The van der Waals surface area contributed by atoms with Gasteiger partial charge in [0.05, 0.1) is 11.7 Å². The number of anilines is 1. The van der Waals surface area contributed by atoms with Crippen LogP contribution in [0.1, 0.15) is 41.0 Å². The number of thiazole rings is 1. The van der Waals surface area contributed by atoms with E-state index in [1.165, 1.54) is 4.88 Å². The monoisotopic (exact) mass is 275 g/mol. The fourth-order valence-electron chi connectivity index (χ4n) is 1.91. The molecular formula is C13H17N5S. The largest absolute Gasteiger partial charge is 0.360 e. The van der Waals surface area contributed by atoms with E-state index in [1.807, 2.05) is 27.1 Å². The lowest BCUT2D eigenvalue weighted by Gasteiger charge is -2.13. The maximum absolute atomic E-state index is 9.18. The molecule has 6 heteroatoms. The highest BCUT2D eigenvalue weighted by Crippen LogP contribution is 2.26. The molecule has 2 aromatic heterocycles. The Hall–Kier alpha value is -1.87. The number of aromatic nitrogens is 3. The number of nitriles is 1. The van der Waals surface area contributed by atoms with Crippen LogP contribution in [0.3, 0.4) is 0 Å². The number of hydrogen-bond donors (Lipinski definition) is 1. The predicted octanol–water partition coefficient (Wildman–Crippen LogP) is 2.79. The molecule has 0 aliphatic carbocycles. The minimum atomic E-state index is 0.0622. The summed E-state index contributed by atoms with van der Waals surface area (Å²) in [6.07, 6.45) is 2.91. The van der Waals surface area contributed by atoms with Gasteiger partial charge in [0.25, 0.3) is 0 Å². The van der Waals surface area contributed by atoms with E-state index >= 15 is 0 Å². The van der Waals surface area contributed by atoms with Crippen molar-refractivity contribution in [3.05, 3.63) is 27.3 Å². The Balaban J connectivity index is 2.24. The molecule has 1 unspecified atom stereocenters. The fourth-order valence-corrected chi connectivity index (χ4v) is 2.77. The molecule has 1 atom stereocenters. The van der Waals surface area contributed by atoms with Gasteiger partial charge in [-0.25, -0.2) is 4.98 Å². The molecule has 100 valence electrons. The molecule has 0 saturated carbocycles. The van der Waals surface area contributed by atoms with Crippen molar-refractivity contribution in [1.82, 2.24) is 14.8 Å². The molecule has 2 rings (SSSR count). The molecule has 2 aromatic rings. The quantitative estimate of drug-likeness (QED) is 0.931. The van der Waals surface area contributed by atoms with Crippen molar-refractivity contribution in [2.24, 2.45) is 7.05 Å². The molecule has 0 radical (unpaired) electrons. The third kappa shape index (κ3) is 2.61. The Morgan fingerprint density at radius 2 is 2.32 bits per heavy atom. The number of aryl methyl sites for hydroxylation is 3. The molecule has 0 aliphatic heterocycles. The molecule has 2 heterocycles. The van der Waals surface area contributed by atoms with Crippen molar-refractivity contribution >= 4 is 17.2 Å². The minimum Gasteiger partial charge on any atom is -0.360 e. The number of hydrogen-bond acceptors (Lipinski definition) is 5. The molecule has 0 bridgehead atoms. The van der Waals surface area contributed by atoms with Gasteiger partial charge < -0.3 is 5.32 Å². The zero-order valence-electron chi connectivity index (χ0n) is 11.6. The van der Waals surface area contributed by atoms with E-state index in [0.717, 1.165) is 22.9 Å². The summed E-state index contributed by atoms with van der Waals surface area (Å²) in [6, 6.07) is 2.26. The van der Waals surface area contributed by atoms with Gasteiger partial charge in [0, 0.05) is 18.1 Å². The first-order valence-corrected chi connectivity index (χ1v) is 7.03. The van der Waals surface area contributed by atoms with E-state index < -0.39 is 0 Å². The topological polar surface area (TPSA) is 66.5 Å². The molecule has 0 fully saturated rings. The van der Waals surface area contributed by atoms with Crippen LogP contribution < -0.4 is 5.32 Å². The van der Waals surface area contributed by atoms with Crippen LogP contribution in [-0.4, -0.2) is 14.8 Å². The summed E-state index contributed by atoms with van der Waals surface area (Å²) in [5.41, 5.74) is 1.34. The zero-order valence-corrected chi connectivity index (χ0v) is 12.4. The molecule has 0 saturated heterocycles. The predicted molar refractivity (Wildman–Crippen MR) is 76.2 cm³/mol. The van der Waals surface area contributed by atoms with Gasteiger partial charge in [-0.2, -0.15) is 10.4 Å². The third-order valence-electron chi connectivity index (χ3n) is 2.98. The summed E-state index contributed by atoms with van der Waals surface area (Å²) in [4.78, 5) is 5.69. The normalized spacial score (nSPS) is 12.2. The summed E-state index contributed by atoms with van der Waals surface area (Å²) in [7, 11) is 1.84. The number of rotatable bonds is 4. The highest BCUT2D eigenvalue weighted by Gasteiger charge is 2.17. The van der Waals surface area contributed by atoms with Crippen LogP contribution >= 0.6 is 11.3 Å². The van der Waals surface area contributed by atoms with E-state index in [1.54, 1.807) is 16.0 Å². The van der Waals surface area contributed by atoms with Crippen LogP contribution in [0.25, 0.3) is 0 Å². The first-order chi connectivity index (χ1) is 9.06. The Morgan fingerprint density at radius 1 is 1.58 bits per heavy atom. The number of nitrogens with zero attached hydrogens (tertiary/aromatic N) is 4. The molecule has 1 N–H and O–H groups in total. The van der Waals surface area contributed by atoms with E-state index in [-0.39, 0.29) is 6.04 Å². The second-order valence-corrected chi connectivity index (χ2v) is 5.58. The van der Waals surface area contributed by atoms with Crippen LogP contribution in [0.2, 0.25) is 0 Å². The second-order valence-electron chi connectivity index (χ2n) is 4.43. The average molecular weight is 275 g/mol. The minimum absolute atomic E-state index is 0.0622. The Bertz CT molecular complexity index is 620. The zero-order chi connectivity index (χ0) is 14.0. The highest BCUT2D eigenvalue weighted by atomic mass is 32.1. The molecule has 5 nitrogen and oxygen atoms in total. The fraction of sp³-hybridized carbons (Fsp3) is 0.462. The van der Waals surface area contributed by atoms with Crippen molar-refractivity contribution in [2.75, 3.05) is 5.32 Å². The molecule has 0 aromatic carbocycles. The van der Waals surface area contributed by atoms with Crippen LogP contribution in [-0.2, 0) is 13.5 Å². The van der Waals surface area contributed by atoms with Gasteiger partial charge in [0.2, 0.25) is 0 Å². The maximum Gasteiger partial charge on any atom is 0.142 e. The Morgan fingerprint density at radius 3 is 2.89 bits per heavy atom. The second kappa shape index (κ2) is 5.41. The average Bonchev–Trinajstić information content (AvgIpc) is 2.95. The van der Waals surface area contributed by atoms with Crippen LogP contribution in [0.5, 0.6) is 0 Å². The first-order valence-electron chi connectivity index (χ1n) is 6.21. The van der Waals surface area contributed by atoms with Crippen molar-refractivity contribution in [3.63, 3.8) is 0 Å². The van der Waals surface area contributed by atoms with Gasteiger partial charge in [0.1, 0.15) is 22.5 Å². The van der Waals surface area contributed by atoms with Crippen LogP contribution in [0, 0.1) is 18.3 Å². The van der Waals surface area contributed by atoms with Gasteiger partial charge in [-0.1, -0.05) is 6.92 Å². The summed E-state index contributed by atoms with van der Waals surface area (Å²) in [5.74, 6) is 0.751. The van der Waals surface area contributed by atoms with E-state index in [2.05, 4.69) is 28.4 Å². The Kier molecular flexibility index (Phi) is 3.86. The van der Waals surface area contributed by atoms with Crippen molar-refractivity contribution in [2.45, 2.75) is 33.2 Å². The third-order valence-corrected chi connectivity index (χ3v) is 4.30. The maximum atomic E-state index is 9.18. The van der Waals surface area contributed by atoms with E-state index in [4.69, 9.17) is 0 Å². The van der Waals surface area contributed by atoms with Gasteiger partial charge in [-0.15, -0.1) is 11.3 Å². The van der Waals surface area contributed by atoms with Gasteiger partial charge in [0.15, 0.2) is 0 Å². The lowest BCUT2D eigenvalue weighted by Crippen LogP contribution is -2.10. The standard InChI is InChI=1S/C13H17N5S/c1-5-10-7-15-13(19-10)9(3)16-12-11(6-14)8(2)17-18(12)4/h7,9,16H,5H2,1-4H3. The van der Waals surface area contributed by atoms with Crippen LogP contribution in [0.15, 0.2) is 6.20 Å². The molecule has 0 spiro atoms. The smallest absolute Gasteiger partial charge is 0.142 e. The summed E-state index contributed by atoms with van der Waals surface area (Å²) < 4.78 is 1.71. The van der Waals surface area contributed by atoms with Crippen molar-refractivity contribution in [1.29, 1.82) is 5.26 Å². The lowest BCUT2D eigenvalue weighted by atomic mass is 10.2. The first kappa shape index (κ1) is 13.6. The summed E-state index contributed by atoms with van der Waals surface area (Å²) >= 11 is 1.70. The van der Waals surface area contributed by atoms with E-state index in [9.17, 15) is 5.26 Å². The molecule has 0 amide bonds. The van der Waals surface area contributed by atoms with Crippen molar-refractivity contribution in [3.8, 4) is 6.07 Å². The van der Waals surface area contributed by atoms with Crippen molar-refractivity contribution < 1.29 is 0 Å². The molecular weight excluding hydrogens is 258 g/mol. The van der Waals surface area contributed by atoms with Gasteiger partial charge >= 0.3 is 0 Å². The molecule has 19 heavy (non-hydrogen) atoms. The van der Waals surface area contributed by atoms with Gasteiger partial charge in [-0.05, 0) is 20.3 Å².